The molecule has 0 saturated heterocycles. The second kappa shape index (κ2) is 4.60. The first-order valence-electron chi connectivity index (χ1n) is 5.73. The molecular formula is C13H13F3N2O. The number of anilines is 1. The van der Waals surface area contributed by atoms with Crippen LogP contribution >= 0.6 is 0 Å². The summed E-state index contributed by atoms with van der Waals surface area (Å²) in [6, 6.07) is 4.96. The molecule has 0 aliphatic rings. The average Bonchev–Trinajstić information content (AvgIpc) is 2.70. The lowest BCUT2D eigenvalue weighted by Gasteiger charge is -2.09. The van der Waals surface area contributed by atoms with E-state index in [-0.39, 0.29) is 11.8 Å². The molecule has 0 radical (unpaired) electrons. The Kier molecular flexibility index (Phi) is 3.26. The zero-order chi connectivity index (χ0) is 14.2. The molecular weight excluding hydrogens is 257 g/mol. The van der Waals surface area contributed by atoms with Gasteiger partial charge in [-0.3, -0.25) is 0 Å². The molecule has 0 saturated carbocycles. The molecule has 19 heavy (non-hydrogen) atoms. The Morgan fingerprint density at radius 1 is 1.26 bits per heavy atom. The van der Waals surface area contributed by atoms with Crippen LogP contribution in [0, 0.1) is 0 Å². The number of nitrogens with zero attached hydrogens (tertiary/aromatic N) is 1. The summed E-state index contributed by atoms with van der Waals surface area (Å²) in [4.78, 5) is 0. The van der Waals surface area contributed by atoms with Crippen LogP contribution in [0.5, 0.6) is 0 Å². The third-order valence-electron chi connectivity index (χ3n) is 2.80. The fourth-order valence-electron chi connectivity index (χ4n) is 1.92. The van der Waals surface area contributed by atoms with Gasteiger partial charge >= 0.3 is 6.18 Å². The van der Waals surface area contributed by atoms with Gasteiger partial charge in [0, 0.05) is 11.1 Å². The number of aromatic nitrogens is 1. The highest BCUT2D eigenvalue weighted by atomic mass is 19.4. The monoisotopic (exact) mass is 270 g/mol. The van der Waals surface area contributed by atoms with E-state index in [1.54, 1.807) is 6.07 Å². The topological polar surface area (TPSA) is 52.0 Å². The Hall–Kier alpha value is -1.98. The number of halogens is 3. The van der Waals surface area contributed by atoms with E-state index in [4.69, 9.17) is 10.3 Å². The lowest BCUT2D eigenvalue weighted by atomic mass is 9.98. The molecule has 0 bridgehead atoms. The van der Waals surface area contributed by atoms with E-state index in [1.807, 2.05) is 13.8 Å². The van der Waals surface area contributed by atoms with Crippen LogP contribution in [-0.4, -0.2) is 5.16 Å². The van der Waals surface area contributed by atoms with Gasteiger partial charge in [-0.25, -0.2) is 0 Å². The highest BCUT2D eigenvalue weighted by molar-refractivity contribution is 5.68. The molecule has 0 amide bonds. The van der Waals surface area contributed by atoms with Gasteiger partial charge in [0.15, 0.2) is 0 Å². The number of nitrogens with two attached hydrogens (primary N) is 1. The molecule has 0 fully saturated rings. The molecule has 0 unspecified atom stereocenters. The lowest BCUT2D eigenvalue weighted by molar-refractivity contribution is -0.137. The van der Waals surface area contributed by atoms with E-state index >= 15 is 0 Å². The van der Waals surface area contributed by atoms with Gasteiger partial charge in [-0.05, 0) is 18.1 Å². The Morgan fingerprint density at radius 3 is 2.53 bits per heavy atom. The van der Waals surface area contributed by atoms with Crippen LogP contribution in [0.2, 0.25) is 0 Å². The zero-order valence-electron chi connectivity index (χ0n) is 10.5. The van der Waals surface area contributed by atoms with Gasteiger partial charge in [-0.1, -0.05) is 31.1 Å². The predicted octanol–water partition coefficient (Wildman–Crippen LogP) is 4.07. The molecule has 1 aromatic heterocycles. The predicted molar refractivity (Wildman–Crippen MR) is 65.4 cm³/mol. The summed E-state index contributed by atoms with van der Waals surface area (Å²) in [6.45, 7) is 3.75. The second-order valence-corrected chi connectivity index (χ2v) is 4.54. The van der Waals surface area contributed by atoms with Crippen molar-refractivity contribution in [3.8, 4) is 11.3 Å². The fourth-order valence-corrected chi connectivity index (χ4v) is 1.92. The minimum absolute atomic E-state index is 0.00999. The van der Waals surface area contributed by atoms with E-state index in [0.29, 0.717) is 16.8 Å². The van der Waals surface area contributed by atoms with Crippen LogP contribution in [0.4, 0.5) is 19.1 Å². The van der Waals surface area contributed by atoms with E-state index < -0.39 is 11.7 Å². The largest absolute Gasteiger partial charge is 0.416 e. The van der Waals surface area contributed by atoms with Crippen LogP contribution in [0.25, 0.3) is 11.3 Å². The van der Waals surface area contributed by atoms with E-state index in [2.05, 4.69) is 5.16 Å². The van der Waals surface area contributed by atoms with Crippen molar-refractivity contribution < 1.29 is 17.7 Å². The molecule has 0 aliphatic heterocycles. The lowest BCUT2D eigenvalue weighted by Crippen LogP contribution is -2.04. The molecule has 6 heteroatoms. The number of hydrogen-bond acceptors (Lipinski definition) is 3. The summed E-state index contributed by atoms with van der Waals surface area (Å²) >= 11 is 0. The molecule has 1 aromatic carbocycles. The standard InChI is InChI=1S/C13H13F3N2O/c1-7(2)10-11(18-19-12(10)17)8-4-3-5-9(6-8)13(14,15)16/h3-7H,17H2,1-2H3. The van der Waals surface area contributed by atoms with Gasteiger partial charge in [0.1, 0.15) is 5.69 Å². The maximum absolute atomic E-state index is 12.7. The first kappa shape index (κ1) is 13.5. The Bertz CT molecular complexity index is 588. The number of rotatable bonds is 2. The number of hydrogen-bond donors (Lipinski definition) is 1. The fraction of sp³-hybridized carbons (Fsp3) is 0.308. The van der Waals surface area contributed by atoms with Crippen LogP contribution in [0.1, 0.15) is 30.9 Å². The van der Waals surface area contributed by atoms with Gasteiger partial charge in [0.2, 0.25) is 5.88 Å². The van der Waals surface area contributed by atoms with Crippen molar-refractivity contribution in [3.05, 3.63) is 35.4 Å². The summed E-state index contributed by atoms with van der Waals surface area (Å²) in [5.41, 5.74) is 6.26. The zero-order valence-corrected chi connectivity index (χ0v) is 10.5. The van der Waals surface area contributed by atoms with Crippen LogP contribution in [0.15, 0.2) is 28.8 Å². The molecule has 0 spiro atoms. The van der Waals surface area contributed by atoms with Crippen molar-refractivity contribution in [2.24, 2.45) is 0 Å². The quantitative estimate of drug-likeness (QED) is 0.895. The summed E-state index contributed by atoms with van der Waals surface area (Å²) < 4.78 is 42.9. The van der Waals surface area contributed by atoms with E-state index in [9.17, 15) is 13.2 Å². The van der Waals surface area contributed by atoms with Gasteiger partial charge in [0.05, 0.1) is 5.56 Å². The van der Waals surface area contributed by atoms with Gasteiger partial charge in [0.25, 0.3) is 0 Å². The van der Waals surface area contributed by atoms with Crippen molar-refractivity contribution in [2.75, 3.05) is 5.73 Å². The van der Waals surface area contributed by atoms with Crippen LogP contribution in [-0.2, 0) is 6.18 Å². The minimum atomic E-state index is -4.39. The molecule has 3 nitrogen and oxygen atoms in total. The molecule has 2 N–H and O–H groups in total. The number of nitrogen functional groups attached to an aromatic ring is 1. The van der Waals surface area contributed by atoms with Crippen molar-refractivity contribution in [1.29, 1.82) is 0 Å². The molecule has 0 atom stereocenters. The van der Waals surface area contributed by atoms with Crippen molar-refractivity contribution in [2.45, 2.75) is 25.9 Å². The Balaban J connectivity index is 2.54. The third-order valence-corrected chi connectivity index (χ3v) is 2.80. The first-order chi connectivity index (χ1) is 8.80. The SMILES string of the molecule is CC(C)c1c(-c2cccc(C(F)(F)F)c2)noc1N. The smallest absolute Gasteiger partial charge is 0.367 e. The van der Waals surface area contributed by atoms with Gasteiger partial charge < -0.3 is 10.3 Å². The van der Waals surface area contributed by atoms with Crippen LogP contribution < -0.4 is 5.73 Å². The van der Waals surface area contributed by atoms with Crippen molar-refractivity contribution in [1.82, 2.24) is 5.16 Å². The molecule has 2 rings (SSSR count). The molecule has 0 aliphatic carbocycles. The van der Waals surface area contributed by atoms with E-state index in [0.717, 1.165) is 12.1 Å². The summed E-state index contributed by atoms with van der Waals surface area (Å²) in [6.07, 6.45) is -4.39. The molecule has 102 valence electrons. The Morgan fingerprint density at radius 2 is 1.95 bits per heavy atom. The van der Waals surface area contributed by atoms with Gasteiger partial charge in [-0.15, -0.1) is 0 Å². The molecule has 2 aromatic rings. The number of alkyl halides is 3. The maximum atomic E-state index is 12.7. The van der Waals surface area contributed by atoms with Crippen molar-refractivity contribution >= 4 is 5.88 Å². The highest BCUT2D eigenvalue weighted by Crippen LogP contribution is 2.36. The Labute approximate surface area is 108 Å². The number of benzene rings is 1. The summed E-state index contributed by atoms with van der Waals surface area (Å²) in [5.74, 6) is 0.151. The summed E-state index contributed by atoms with van der Waals surface area (Å²) in [5, 5.41) is 3.76. The summed E-state index contributed by atoms with van der Waals surface area (Å²) in [7, 11) is 0. The first-order valence-corrected chi connectivity index (χ1v) is 5.73. The normalized spacial score (nSPS) is 12.1. The average molecular weight is 270 g/mol. The minimum Gasteiger partial charge on any atom is -0.367 e. The van der Waals surface area contributed by atoms with E-state index in [1.165, 1.54) is 6.07 Å². The second-order valence-electron chi connectivity index (χ2n) is 4.54. The molecule has 1 heterocycles. The highest BCUT2D eigenvalue weighted by Gasteiger charge is 2.31. The van der Waals surface area contributed by atoms with Crippen molar-refractivity contribution in [3.63, 3.8) is 0 Å². The van der Waals surface area contributed by atoms with Crippen LogP contribution in [0.3, 0.4) is 0 Å². The van der Waals surface area contributed by atoms with Gasteiger partial charge in [-0.2, -0.15) is 13.2 Å². The third kappa shape index (κ3) is 2.57. The maximum Gasteiger partial charge on any atom is 0.416 e.